The molecule has 138 valence electrons. The number of amides is 1. The van der Waals surface area contributed by atoms with Crippen molar-refractivity contribution >= 4 is 40.3 Å². The quantitative estimate of drug-likeness (QED) is 0.634. The molecule has 0 N–H and O–H groups in total. The van der Waals surface area contributed by atoms with Crippen LogP contribution in [0.2, 0.25) is 5.02 Å². The fraction of sp³-hybridized carbons (Fsp3) is 0.250. The first-order chi connectivity index (χ1) is 13.0. The Labute approximate surface area is 160 Å². The smallest absolute Gasteiger partial charge is 0.311 e. The molecule has 1 aliphatic rings. The number of nitrogens with zero attached hydrogens (tertiary/aromatic N) is 2. The number of carbonyl (C=O) groups excluding carboxylic acids is 2. The summed E-state index contributed by atoms with van der Waals surface area (Å²) in [5.41, 5.74) is 2.71. The van der Waals surface area contributed by atoms with Gasteiger partial charge in [0.25, 0.3) is 0 Å². The molecule has 0 saturated carbocycles. The molecule has 27 heavy (non-hydrogen) atoms. The summed E-state index contributed by atoms with van der Waals surface area (Å²) < 4.78 is 10.8. The fourth-order valence-electron chi connectivity index (χ4n) is 3.20. The minimum atomic E-state index is -0.438. The van der Waals surface area contributed by atoms with Gasteiger partial charge < -0.3 is 14.1 Å². The van der Waals surface area contributed by atoms with E-state index in [1.807, 2.05) is 12.1 Å². The lowest BCUT2D eigenvalue weighted by atomic mass is 10.1. The Balaban J connectivity index is 1.62. The monoisotopic (exact) mass is 384 g/mol. The molecule has 1 aromatic heterocycles. The van der Waals surface area contributed by atoms with E-state index in [-0.39, 0.29) is 18.3 Å². The Kier molecular flexibility index (Phi) is 4.58. The third kappa shape index (κ3) is 3.40. The zero-order valence-electron chi connectivity index (χ0n) is 14.6. The highest BCUT2D eigenvalue weighted by Gasteiger charge is 2.36. The number of anilines is 1. The van der Waals surface area contributed by atoms with Crippen LogP contribution in [0.1, 0.15) is 13.3 Å². The summed E-state index contributed by atoms with van der Waals surface area (Å²) in [5, 5.41) is 0.600. The number of halogens is 1. The molecular weight excluding hydrogens is 368 g/mol. The van der Waals surface area contributed by atoms with E-state index in [1.54, 1.807) is 42.2 Å². The van der Waals surface area contributed by atoms with Crippen molar-refractivity contribution in [2.45, 2.75) is 13.3 Å². The van der Waals surface area contributed by atoms with Crippen LogP contribution in [0.15, 0.2) is 46.9 Å². The number of hydrogen-bond donors (Lipinski definition) is 0. The number of rotatable bonds is 4. The summed E-state index contributed by atoms with van der Waals surface area (Å²) in [7, 11) is 0. The molecule has 1 fully saturated rings. The molecule has 0 bridgehead atoms. The van der Waals surface area contributed by atoms with E-state index in [2.05, 4.69) is 4.98 Å². The van der Waals surface area contributed by atoms with Gasteiger partial charge in [0, 0.05) is 29.2 Å². The Morgan fingerprint density at radius 2 is 2.19 bits per heavy atom. The number of oxazole rings is 1. The number of benzene rings is 2. The van der Waals surface area contributed by atoms with Crippen molar-refractivity contribution in [1.82, 2.24) is 4.98 Å². The molecule has 7 heteroatoms. The highest BCUT2D eigenvalue weighted by Crippen LogP contribution is 2.31. The molecule has 0 aliphatic carbocycles. The summed E-state index contributed by atoms with van der Waals surface area (Å²) in [5.74, 6) is -0.417. The second-order valence-corrected chi connectivity index (χ2v) is 6.78. The summed E-state index contributed by atoms with van der Waals surface area (Å²) in [6.45, 7) is 2.37. The van der Waals surface area contributed by atoms with Crippen LogP contribution in [0.5, 0.6) is 0 Å². The predicted molar refractivity (Wildman–Crippen MR) is 102 cm³/mol. The molecule has 2 heterocycles. The second kappa shape index (κ2) is 7.04. The Morgan fingerprint density at radius 1 is 1.33 bits per heavy atom. The van der Waals surface area contributed by atoms with Crippen LogP contribution in [0, 0.1) is 5.92 Å². The fourth-order valence-corrected chi connectivity index (χ4v) is 3.39. The number of aromatic nitrogens is 1. The van der Waals surface area contributed by atoms with Crippen molar-refractivity contribution in [3.05, 3.63) is 47.5 Å². The van der Waals surface area contributed by atoms with E-state index < -0.39 is 5.92 Å². The first kappa shape index (κ1) is 17.5. The van der Waals surface area contributed by atoms with E-state index in [1.165, 1.54) is 0 Å². The molecule has 0 unspecified atom stereocenters. The van der Waals surface area contributed by atoms with E-state index in [0.717, 1.165) is 5.56 Å². The van der Waals surface area contributed by atoms with Gasteiger partial charge in [0.1, 0.15) is 5.52 Å². The van der Waals surface area contributed by atoms with Gasteiger partial charge in [-0.15, -0.1) is 0 Å². The average Bonchev–Trinajstić information content (AvgIpc) is 3.25. The zero-order valence-corrected chi connectivity index (χ0v) is 15.4. The van der Waals surface area contributed by atoms with Crippen molar-refractivity contribution in [2.75, 3.05) is 18.1 Å². The van der Waals surface area contributed by atoms with Gasteiger partial charge in [0.15, 0.2) is 5.58 Å². The molecular formula is C20H17ClN2O4. The van der Waals surface area contributed by atoms with Crippen LogP contribution < -0.4 is 4.90 Å². The first-order valence-corrected chi connectivity index (χ1v) is 9.06. The average molecular weight is 385 g/mol. The largest absolute Gasteiger partial charge is 0.466 e. The van der Waals surface area contributed by atoms with E-state index in [0.29, 0.717) is 40.9 Å². The van der Waals surface area contributed by atoms with Crippen molar-refractivity contribution in [2.24, 2.45) is 5.92 Å². The number of carbonyl (C=O) groups is 2. The van der Waals surface area contributed by atoms with Crippen LogP contribution in [0.25, 0.3) is 22.6 Å². The van der Waals surface area contributed by atoms with Gasteiger partial charge in [-0.2, -0.15) is 0 Å². The van der Waals surface area contributed by atoms with Crippen LogP contribution in [0.3, 0.4) is 0 Å². The van der Waals surface area contributed by atoms with Crippen molar-refractivity contribution in [3.8, 4) is 11.5 Å². The topological polar surface area (TPSA) is 72.6 Å². The Bertz CT molecular complexity index is 1030. The van der Waals surface area contributed by atoms with E-state index in [9.17, 15) is 9.59 Å². The minimum absolute atomic E-state index is 0.106. The third-order valence-electron chi connectivity index (χ3n) is 4.50. The lowest BCUT2D eigenvalue weighted by Crippen LogP contribution is -2.26. The van der Waals surface area contributed by atoms with Crippen molar-refractivity contribution < 1.29 is 18.7 Å². The van der Waals surface area contributed by atoms with Crippen molar-refractivity contribution in [3.63, 3.8) is 0 Å². The second-order valence-electron chi connectivity index (χ2n) is 6.34. The van der Waals surface area contributed by atoms with Crippen LogP contribution >= 0.6 is 11.6 Å². The molecule has 2 aromatic carbocycles. The molecule has 0 spiro atoms. The van der Waals surface area contributed by atoms with Crippen LogP contribution in [-0.4, -0.2) is 30.0 Å². The summed E-state index contributed by atoms with van der Waals surface area (Å²) in [6.07, 6.45) is 0.156. The predicted octanol–water partition coefficient (Wildman–Crippen LogP) is 4.06. The molecule has 0 radical (unpaired) electrons. The number of fused-ring (bicyclic) bond motifs is 1. The van der Waals surface area contributed by atoms with Crippen molar-refractivity contribution in [1.29, 1.82) is 0 Å². The van der Waals surface area contributed by atoms with Gasteiger partial charge in [0.05, 0.1) is 12.5 Å². The number of hydrogen-bond acceptors (Lipinski definition) is 5. The normalized spacial score (nSPS) is 16.9. The van der Waals surface area contributed by atoms with E-state index >= 15 is 0 Å². The molecule has 1 aliphatic heterocycles. The van der Waals surface area contributed by atoms with Gasteiger partial charge in [-0.3, -0.25) is 9.59 Å². The summed E-state index contributed by atoms with van der Waals surface area (Å²) >= 11 is 6.03. The highest BCUT2D eigenvalue weighted by molar-refractivity contribution is 6.30. The highest BCUT2D eigenvalue weighted by atomic mass is 35.5. The molecule has 1 saturated heterocycles. The van der Waals surface area contributed by atoms with Gasteiger partial charge in [0.2, 0.25) is 11.8 Å². The third-order valence-corrected chi connectivity index (χ3v) is 4.73. The number of esters is 1. The molecule has 6 nitrogen and oxygen atoms in total. The van der Waals surface area contributed by atoms with Gasteiger partial charge in [-0.05, 0) is 43.3 Å². The van der Waals surface area contributed by atoms with Gasteiger partial charge in [-0.1, -0.05) is 17.7 Å². The SMILES string of the molecule is CCOC(=O)[C@@H]1CC(=O)N(c2ccc3oc(-c4cccc(Cl)c4)nc3c2)C1. The molecule has 4 rings (SSSR count). The van der Waals surface area contributed by atoms with Gasteiger partial charge >= 0.3 is 5.97 Å². The Morgan fingerprint density at radius 3 is 2.96 bits per heavy atom. The van der Waals surface area contributed by atoms with Crippen LogP contribution in [0.4, 0.5) is 5.69 Å². The summed E-state index contributed by atoms with van der Waals surface area (Å²) in [4.78, 5) is 30.4. The Hall–Kier alpha value is -2.86. The van der Waals surface area contributed by atoms with Gasteiger partial charge in [-0.25, -0.2) is 4.98 Å². The summed E-state index contributed by atoms with van der Waals surface area (Å²) in [6, 6.07) is 12.6. The first-order valence-electron chi connectivity index (χ1n) is 8.68. The molecule has 3 aromatic rings. The van der Waals surface area contributed by atoms with Crippen LogP contribution in [-0.2, 0) is 14.3 Å². The molecule has 1 atom stereocenters. The zero-order chi connectivity index (χ0) is 19.0. The molecule has 1 amide bonds. The number of ether oxygens (including phenoxy) is 1. The lowest BCUT2D eigenvalue weighted by molar-refractivity contribution is -0.147. The minimum Gasteiger partial charge on any atom is -0.466 e. The maximum atomic E-state index is 12.4. The lowest BCUT2D eigenvalue weighted by Gasteiger charge is -2.16. The standard InChI is InChI=1S/C20H17ClN2O4/c1-2-26-20(25)13-9-18(24)23(11-13)15-6-7-17-16(10-15)22-19(27-17)12-4-3-5-14(21)8-12/h3-8,10,13H,2,9,11H2,1H3/t13-/m1/s1. The maximum absolute atomic E-state index is 12.4. The maximum Gasteiger partial charge on any atom is 0.311 e. The van der Waals surface area contributed by atoms with E-state index in [4.69, 9.17) is 20.8 Å².